The van der Waals surface area contributed by atoms with Gasteiger partial charge < -0.3 is 25.2 Å². The number of aliphatic hydroxyl groups is 1. The minimum atomic E-state index is -1.22. The summed E-state index contributed by atoms with van der Waals surface area (Å²) in [6, 6.07) is 14.6. The molecule has 8 nitrogen and oxygen atoms in total. The summed E-state index contributed by atoms with van der Waals surface area (Å²) in [6.45, 7) is 10.1. The number of nitrogens with one attached hydrogen (secondary N) is 2. The Morgan fingerprint density at radius 1 is 1.03 bits per heavy atom. The molecule has 3 N–H and O–H groups in total. The van der Waals surface area contributed by atoms with Crippen LogP contribution in [0.5, 0.6) is 11.5 Å². The highest BCUT2D eigenvalue weighted by Crippen LogP contribution is 2.34. The van der Waals surface area contributed by atoms with E-state index in [0.29, 0.717) is 31.2 Å². The van der Waals surface area contributed by atoms with Crippen LogP contribution in [0.15, 0.2) is 54.7 Å². The maximum absolute atomic E-state index is 13.0. The zero-order valence-corrected chi connectivity index (χ0v) is 23.4. The van der Waals surface area contributed by atoms with Crippen molar-refractivity contribution < 1.29 is 24.2 Å². The van der Waals surface area contributed by atoms with Gasteiger partial charge in [0.25, 0.3) is 0 Å². The quantitative estimate of drug-likeness (QED) is 0.284. The second kappa shape index (κ2) is 13.4. The van der Waals surface area contributed by atoms with Gasteiger partial charge in [-0.3, -0.25) is 9.59 Å². The van der Waals surface area contributed by atoms with Crippen molar-refractivity contribution in [1.82, 2.24) is 10.3 Å². The van der Waals surface area contributed by atoms with Gasteiger partial charge in [0, 0.05) is 17.3 Å². The van der Waals surface area contributed by atoms with Gasteiger partial charge in [0.15, 0.2) is 5.13 Å². The van der Waals surface area contributed by atoms with Crippen molar-refractivity contribution in [2.75, 3.05) is 11.9 Å². The first-order valence-corrected chi connectivity index (χ1v) is 13.6. The van der Waals surface area contributed by atoms with Crippen LogP contribution in [0.1, 0.15) is 53.0 Å². The van der Waals surface area contributed by atoms with Crippen molar-refractivity contribution in [1.29, 1.82) is 0 Å². The molecule has 0 unspecified atom stereocenters. The minimum absolute atomic E-state index is 0.334. The third-order valence-electron chi connectivity index (χ3n) is 5.81. The van der Waals surface area contributed by atoms with E-state index in [4.69, 9.17) is 9.47 Å². The molecule has 9 heteroatoms. The van der Waals surface area contributed by atoms with Crippen molar-refractivity contribution in [3.05, 3.63) is 60.3 Å². The number of amides is 2. The van der Waals surface area contributed by atoms with Gasteiger partial charge in [0.2, 0.25) is 11.8 Å². The number of benzene rings is 2. The van der Waals surface area contributed by atoms with Crippen LogP contribution in [0, 0.1) is 5.41 Å². The average molecular weight is 540 g/mol. The van der Waals surface area contributed by atoms with Gasteiger partial charge in [-0.05, 0) is 49.1 Å². The molecule has 0 saturated carbocycles. The molecule has 0 aliphatic heterocycles. The fourth-order valence-electron chi connectivity index (χ4n) is 3.71. The molecule has 0 aliphatic rings. The van der Waals surface area contributed by atoms with Gasteiger partial charge in [-0.25, -0.2) is 4.98 Å². The van der Waals surface area contributed by atoms with Crippen LogP contribution in [0.3, 0.4) is 0 Å². The van der Waals surface area contributed by atoms with Gasteiger partial charge in [-0.2, -0.15) is 0 Å². The van der Waals surface area contributed by atoms with Crippen LogP contribution < -0.4 is 20.1 Å². The topological polar surface area (TPSA) is 110 Å². The lowest BCUT2D eigenvalue weighted by Gasteiger charge is -2.26. The molecule has 1 heterocycles. The summed E-state index contributed by atoms with van der Waals surface area (Å²) in [4.78, 5) is 30.8. The Bertz CT molecular complexity index is 1210. The summed E-state index contributed by atoms with van der Waals surface area (Å²) in [5, 5.41) is 16.2. The maximum Gasteiger partial charge on any atom is 0.250 e. The van der Waals surface area contributed by atoms with Crippen LogP contribution in [0.2, 0.25) is 0 Å². The summed E-state index contributed by atoms with van der Waals surface area (Å²) >= 11 is 1.33. The number of anilines is 1. The number of nitrogens with zero attached hydrogens (tertiary/aromatic N) is 1. The minimum Gasteiger partial charge on any atom is -0.494 e. The molecule has 204 valence electrons. The smallest absolute Gasteiger partial charge is 0.250 e. The van der Waals surface area contributed by atoms with E-state index in [-0.39, 0.29) is 5.91 Å². The Morgan fingerprint density at radius 3 is 2.42 bits per heavy atom. The van der Waals surface area contributed by atoms with E-state index in [2.05, 4.69) is 15.6 Å². The molecular formula is C29H37N3O5S. The van der Waals surface area contributed by atoms with E-state index in [9.17, 15) is 14.7 Å². The van der Waals surface area contributed by atoms with Crippen molar-refractivity contribution in [3.8, 4) is 21.9 Å². The van der Waals surface area contributed by atoms with Crippen molar-refractivity contribution in [2.24, 2.45) is 5.41 Å². The van der Waals surface area contributed by atoms with Crippen molar-refractivity contribution >= 4 is 28.3 Å². The Kier molecular flexibility index (Phi) is 10.3. The Balaban J connectivity index is 1.76. The fourth-order valence-corrected chi connectivity index (χ4v) is 4.59. The molecule has 3 aromatic rings. The average Bonchev–Trinajstić information content (AvgIpc) is 3.35. The molecule has 1 aromatic heterocycles. The first kappa shape index (κ1) is 29.1. The molecule has 0 bridgehead atoms. The summed E-state index contributed by atoms with van der Waals surface area (Å²) in [6.07, 6.45) is 1.60. The monoisotopic (exact) mass is 539 g/mol. The van der Waals surface area contributed by atoms with Crippen LogP contribution in [-0.4, -0.2) is 40.7 Å². The third-order valence-corrected chi connectivity index (χ3v) is 6.75. The number of aromatic nitrogens is 1. The van der Waals surface area contributed by atoms with E-state index in [1.165, 1.54) is 11.3 Å². The van der Waals surface area contributed by atoms with Gasteiger partial charge >= 0.3 is 0 Å². The number of aliphatic hydroxyl groups excluding tert-OH is 1. The molecule has 0 spiro atoms. The zero-order valence-electron chi connectivity index (χ0n) is 22.6. The normalized spacial score (nSPS) is 12.9. The zero-order chi connectivity index (χ0) is 27.7. The highest BCUT2D eigenvalue weighted by atomic mass is 32.1. The predicted molar refractivity (Wildman–Crippen MR) is 150 cm³/mol. The lowest BCUT2D eigenvalue weighted by Crippen LogP contribution is -2.50. The van der Waals surface area contributed by atoms with Crippen molar-refractivity contribution in [2.45, 2.75) is 66.2 Å². The highest BCUT2D eigenvalue weighted by molar-refractivity contribution is 7.19. The lowest BCUT2D eigenvalue weighted by atomic mass is 9.88. The van der Waals surface area contributed by atoms with E-state index in [1.54, 1.807) is 27.0 Å². The number of thiazole rings is 1. The summed E-state index contributed by atoms with van der Waals surface area (Å²) < 4.78 is 11.7. The first-order valence-electron chi connectivity index (χ1n) is 12.8. The highest BCUT2D eigenvalue weighted by Gasteiger charge is 2.32. The fraction of sp³-hybridized carbons (Fsp3) is 0.414. The molecule has 2 aromatic carbocycles. The van der Waals surface area contributed by atoms with Crippen molar-refractivity contribution in [3.63, 3.8) is 0 Å². The first-order chi connectivity index (χ1) is 18.1. The van der Waals surface area contributed by atoms with Crippen LogP contribution in [-0.2, 0) is 16.2 Å². The second-order valence-electron chi connectivity index (χ2n) is 9.99. The SMILES string of the molecule is CCC[C@H](NC(=O)[C@@H](O)C(C)(C)C)C(=O)Nc1ncc(-c2ccc(OCC)cc2COc2ccccc2)s1. The number of rotatable bonds is 12. The molecule has 3 rings (SSSR count). The Morgan fingerprint density at radius 2 is 1.76 bits per heavy atom. The number of para-hydroxylation sites is 1. The summed E-state index contributed by atoms with van der Waals surface area (Å²) in [7, 11) is 0. The molecule has 0 saturated heterocycles. The van der Waals surface area contributed by atoms with Gasteiger partial charge in [0.1, 0.15) is 30.3 Å². The molecule has 0 radical (unpaired) electrons. The molecule has 2 atom stereocenters. The second-order valence-corrected chi connectivity index (χ2v) is 11.0. The predicted octanol–water partition coefficient (Wildman–Crippen LogP) is 5.42. The Hall–Kier alpha value is -3.43. The largest absolute Gasteiger partial charge is 0.494 e. The van der Waals surface area contributed by atoms with Crippen LogP contribution in [0.4, 0.5) is 5.13 Å². The summed E-state index contributed by atoms with van der Waals surface area (Å²) in [5.41, 5.74) is 1.21. The molecule has 0 fully saturated rings. The number of hydrogen-bond donors (Lipinski definition) is 3. The number of hydrogen-bond acceptors (Lipinski definition) is 7. The third kappa shape index (κ3) is 8.03. The van der Waals surface area contributed by atoms with Gasteiger partial charge in [-0.1, -0.05) is 63.7 Å². The molecular weight excluding hydrogens is 502 g/mol. The maximum atomic E-state index is 13.0. The van der Waals surface area contributed by atoms with E-state index in [1.807, 2.05) is 62.4 Å². The Labute approximate surface area is 228 Å². The number of carbonyl (C=O) groups excluding carboxylic acids is 2. The van der Waals surface area contributed by atoms with Gasteiger partial charge in [0.05, 0.1) is 11.5 Å². The lowest BCUT2D eigenvalue weighted by molar-refractivity contribution is -0.137. The van der Waals surface area contributed by atoms with Gasteiger partial charge in [-0.15, -0.1) is 0 Å². The standard InChI is InChI=1S/C29H37N3O5S/c1-6-11-23(31-27(35)25(33)29(3,4)5)26(34)32-28-30-17-24(38-28)22-15-14-21(36-7-2)16-19(22)18-37-20-12-9-8-10-13-20/h8-10,12-17,23,25,33H,6-7,11,18H2,1-5H3,(H,31,35)(H,30,32,34)/t23-,25+/m0/s1. The number of ether oxygens (including phenoxy) is 2. The number of carbonyl (C=O) groups is 2. The van der Waals surface area contributed by atoms with E-state index >= 15 is 0 Å². The summed E-state index contributed by atoms with van der Waals surface area (Å²) in [5.74, 6) is 0.569. The molecule has 2 amide bonds. The molecule has 38 heavy (non-hydrogen) atoms. The van der Waals surface area contributed by atoms with Crippen LogP contribution in [0.25, 0.3) is 10.4 Å². The molecule has 0 aliphatic carbocycles. The van der Waals surface area contributed by atoms with E-state index in [0.717, 1.165) is 27.5 Å². The van der Waals surface area contributed by atoms with Crippen LogP contribution >= 0.6 is 11.3 Å². The van der Waals surface area contributed by atoms with E-state index < -0.39 is 23.5 Å².